The van der Waals surface area contributed by atoms with Crippen LogP contribution < -0.4 is 4.74 Å². The molecule has 0 aromatic heterocycles. The number of ether oxygens (including phenoxy) is 1. The minimum absolute atomic E-state index is 0.0146. The Morgan fingerprint density at radius 3 is 2.59 bits per heavy atom. The zero-order valence-electron chi connectivity index (χ0n) is 11.4. The second kappa shape index (κ2) is 7.68. The van der Waals surface area contributed by atoms with Gasteiger partial charge in [-0.25, -0.2) is 0 Å². The molecule has 0 saturated heterocycles. The summed E-state index contributed by atoms with van der Waals surface area (Å²) < 4.78 is 6.83. The van der Waals surface area contributed by atoms with Crippen molar-refractivity contribution >= 4 is 67.0 Å². The Labute approximate surface area is 155 Å². The lowest BCUT2D eigenvalue weighted by atomic mass is 10.2. The van der Waals surface area contributed by atoms with Gasteiger partial charge < -0.3 is 9.84 Å². The van der Waals surface area contributed by atoms with Gasteiger partial charge in [0.15, 0.2) is 11.5 Å². The molecule has 22 heavy (non-hydrogen) atoms. The molecule has 0 spiro atoms. The van der Waals surface area contributed by atoms with Crippen LogP contribution in [-0.2, 0) is 0 Å². The third kappa shape index (κ3) is 3.96. The number of aliphatic imine (C=N–C) groups is 1. The van der Waals surface area contributed by atoms with Crippen molar-refractivity contribution in [2.75, 3.05) is 6.61 Å². The van der Waals surface area contributed by atoms with Crippen molar-refractivity contribution < 1.29 is 9.84 Å². The van der Waals surface area contributed by atoms with Gasteiger partial charge in [0.25, 0.3) is 0 Å². The minimum Gasteiger partial charge on any atom is -0.504 e. The second-order valence-corrected chi connectivity index (χ2v) is 6.68. The molecule has 0 radical (unpaired) electrons. The van der Waals surface area contributed by atoms with Gasteiger partial charge in [-0.1, -0.05) is 23.2 Å². The Morgan fingerprint density at radius 1 is 1.23 bits per heavy atom. The molecule has 0 saturated carbocycles. The van der Waals surface area contributed by atoms with E-state index in [2.05, 4.69) is 36.9 Å². The summed E-state index contributed by atoms with van der Waals surface area (Å²) in [6, 6.07) is 6.74. The van der Waals surface area contributed by atoms with Crippen molar-refractivity contribution in [1.82, 2.24) is 0 Å². The summed E-state index contributed by atoms with van der Waals surface area (Å²) in [6.07, 6.45) is 1.53. The van der Waals surface area contributed by atoms with Crippen molar-refractivity contribution in [3.63, 3.8) is 0 Å². The van der Waals surface area contributed by atoms with E-state index in [1.165, 1.54) is 6.21 Å². The first-order chi connectivity index (χ1) is 10.4. The topological polar surface area (TPSA) is 41.8 Å². The Morgan fingerprint density at radius 2 is 1.95 bits per heavy atom. The van der Waals surface area contributed by atoms with Crippen molar-refractivity contribution in [1.29, 1.82) is 0 Å². The highest BCUT2D eigenvalue weighted by molar-refractivity contribution is 9.13. The quantitative estimate of drug-likeness (QED) is 0.530. The van der Waals surface area contributed by atoms with Gasteiger partial charge in [0.1, 0.15) is 0 Å². The smallest absolute Gasteiger partial charge is 0.167 e. The monoisotopic (exact) mass is 465 g/mol. The van der Waals surface area contributed by atoms with Crippen LogP contribution in [-0.4, -0.2) is 17.9 Å². The predicted octanol–water partition coefficient (Wildman–Crippen LogP) is 6.37. The number of hydrogen-bond acceptors (Lipinski definition) is 3. The highest BCUT2D eigenvalue weighted by Gasteiger charge is 2.14. The predicted molar refractivity (Wildman–Crippen MR) is 98.4 cm³/mol. The summed E-state index contributed by atoms with van der Waals surface area (Å²) in [5, 5.41) is 11.2. The van der Waals surface area contributed by atoms with E-state index in [0.29, 0.717) is 38.1 Å². The fraction of sp³-hybridized carbons (Fsp3) is 0.133. The van der Waals surface area contributed by atoms with E-state index in [-0.39, 0.29) is 5.75 Å². The van der Waals surface area contributed by atoms with Gasteiger partial charge in [0.05, 0.1) is 27.9 Å². The molecular weight excluding hydrogens is 457 g/mol. The first kappa shape index (κ1) is 17.6. The van der Waals surface area contributed by atoms with E-state index in [4.69, 9.17) is 27.9 Å². The molecule has 3 nitrogen and oxygen atoms in total. The first-order valence-corrected chi connectivity index (χ1v) is 8.61. The standard InChI is InChI=1S/C15H11Br2Cl2NO2/c1-2-22-13-6-10(16)14(17)9(15(13)21)7-20-8-3-4-11(18)12(19)5-8/h3-7,21H,2H2,1H3. The number of nitrogens with zero attached hydrogens (tertiary/aromatic N) is 1. The molecule has 0 amide bonds. The highest BCUT2D eigenvalue weighted by atomic mass is 79.9. The molecular formula is C15H11Br2Cl2NO2. The lowest BCUT2D eigenvalue weighted by Gasteiger charge is -2.11. The Bertz CT molecular complexity index is 736. The number of aromatic hydroxyl groups is 1. The molecule has 0 aliphatic heterocycles. The van der Waals surface area contributed by atoms with Crippen LogP contribution in [0.25, 0.3) is 0 Å². The van der Waals surface area contributed by atoms with Gasteiger partial charge in [0, 0.05) is 15.2 Å². The third-order valence-corrected chi connectivity index (χ3v) is 5.49. The SMILES string of the molecule is CCOc1cc(Br)c(Br)c(C=Nc2ccc(Cl)c(Cl)c2)c1O. The summed E-state index contributed by atoms with van der Waals surface area (Å²) in [5.41, 5.74) is 1.13. The van der Waals surface area contributed by atoms with Crippen LogP contribution in [0.15, 0.2) is 38.2 Å². The van der Waals surface area contributed by atoms with E-state index in [1.54, 1.807) is 24.3 Å². The molecule has 1 N–H and O–H groups in total. The average Bonchev–Trinajstić information content (AvgIpc) is 2.48. The van der Waals surface area contributed by atoms with Crippen LogP contribution in [0.1, 0.15) is 12.5 Å². The van der Waals surface area contributed by atoms with Gasteiger partial charge in [-0.3, -0.25) is 4.99 Å². The normalized spacial score (nSPS) is 11.1. The van der Waals surface area contributed by atoms with E-state index in [0.717, 1.165) is 4.47 Å². The van der Waals surface area contributed by atoms with Crippen molar-refractivity contribution in [3.8, 4) is 11.5 Å². The summed E-state index contributed by atoms with van der Waals surface area (Å²) in [5.74, 6) is 0.397. The molecule has 2 rings (SSSR count). The Balaban J connectivity index is 2.43. The lowest BCUT2D eigenvalue weighted by Crippen LogP contribution is -1.95. The molecule has 0 atom stereocenters. The van der Waals surface area contributed by atoms with Crippen LogP contribution in [0.4, 0.5) is 5.69 Å². The van der Waals surface area contributed by atoms with E-state index in [1.807, 2.05) is 6.92 Å². The van der Waals surface area contributed by atoms with Crippen LogP contribution >= 0.6 is 55.1 Å². The minimum atomic E-state index is 0.0146. The van der Waals surface area contributed by atoms with Crippen LogP contribution in [0, 0.1) is 0 Å². The van der Waals surface area contributed by atoms with E-state index >= 15 is 0 Å². The van der Waals surface area contributed by atoms with Crippen molar-refractivity contribution in [3.05, 3.63) is 48.8 Å². The zero-order chi connectivity index (χ0) is 16.3. The molecule has 0 aliphatic carbocycles. The maximum atomic E-state index is 10.3. The van der Waals surface area contributed by atoms with Gasteiger partial charge in [-0.05, 0) is 63.0 Å². The maximum Gasteiger partial charge on any atom is 0.167 e. The number of phenolic OH excluding ortho intramolecular Hbond substituents is 1. The van der Waals surface area contributed by atoms with Gasteiger partial charge in [-0.2, -0.15) is 0 Å². The molecule has 0 heterocycles. The molecule has 0 unspecified atom stereocenters. The number of rotatable bonds is 4. The lowest BCUT2D eigenvalue weighted by molar-refractivity contribution is 0.317. The van der Waals surface area contributed by atoms with Gasteiger partial charge >= 0.3 is 0 Å². The summed E-state index contributed by atoms with van der Waals surface area (Å²) in [6.45, 7) is 2.30. The molecule has 7 heteroatoms. The number of phenols is 1. The fourth-order valence-electron chi connectivity index (χ4n) is 1.70. The molecule has 0 aliphatic rings. The maximum absolute atomic E-state index is 10.3. The summed E-state index contributed by atoms with van der Waals surface area (Å²) in [7, 11) is 0. The summed E-state index contributed by atoms with van der Waals surface area (Å²) in [4.78, 5) is 4.31. The van der Waals surface area contributed by atoms with Gasteiger partial charge in [0.2, 0.25) is 0 Å². The van der Waals surface area contributed by atoms with Crippen molar-refractivity contribution in [2.45, 2.75) is 6.92 Å². The zero-order valence-corrected chi connectivity index (χ0v) is 16.1. The largest absolute Gasteiger partial charge is 0.504 e. The number of hydrogen-bond donors (Lipinski definition) is 1. The number of benzene rings is 2. The Hall–Kier alpha value is -0.750. The van der Waals surface area contributed by atoms with E-state index < -0.39 is 0 Å². The molecule has 2 aromatic rings. The second-order valence-electron chi connectivity index (χ2n) is 4.22. The Kier molecular flexibility index (Phi) is 6.15. The summed E-state index contributed by atoms with van der Waals surface area (Å²) >= 11 is 18.7. The van der Waals surface area contributed by atoms with Crippen molar-refractivity contribution in [2.24, 2.45) is 4.99 Å². The molecule has 0 fully saturated rings. The number of halogens is 4. The average molecular weight is 468 g/mol. The van der Waals surface area contributed by atoms with E-state index in [9.17, 15) is 5.11 Å². The highest BCUT2D eigenvalue weighted by Crippen LogP contribution is 2.40. The van der Waals surface area contributed by atoms with Gasteiger partial charge in [-0.15, -0.1) is 0 Å². The van der Waals surface area contributed by atoms with Crippen LogP contribution in [0.3, 0.4) is 0 Å². The van der Waals surface area contributed by atoms with Crippen LogP contribution in [0.2, 0.25) is 10.0 Å². The third-order valence-electron chi connectivity index (χ3n) is 2.74. The fourth-order valence-corrected chi connectivity index (χ4v) is 2.82. The van der Waals surface area contributed by atoms with Crippen LogP contribution in [0.5, 0.6) is 11.5 Å². The molecule has 2 aromatic carbocycles. The molecule has 0 bridgehead atoms. The first-order valence-electron chi connectivity index (χ1n) is 6.27. The molecule has 116 valence electrons.